The quantitative estimate of drug-likeness (QED) is 0.827. The topological polar surface area (TPSA) is 9.72 Å². The molecule has 0 aliphatic carbocycles. The molecule has 0 atom stereocenters. The van der Waals surface area contributed by atoms with Crippen LogP contribution in [0.4, 0.5) is 22.7 Å². The van der Waals surface area contributed by atoms with Crippen molar-refractivity contribution >= 4 is 34.5 Å². The van der Waals surface area contributed by atoms with Crippen LogP contribution in [0.25, 0.3) is 0 Å². The monoisotopic (exact) mass is 299 g/mol. The first-order valence-electron chi connectivity index (χ1n) is 7.03. The Morgan fingerprint density at radius 1 is 0.857 bits per heavy atom. The molecular formula is C17H21N3S. The second-order valence-corrected chi connectivity index (χ2v) is 6.78. The lowest BCUT2D eigenvalue weighted by Gasteiger charge is -2.35. The fourth-order valence-electron chi connectivity index (χ4n) is 2.82. The molecule has 0 amide bonds. The normalized spacial score (nSPS) is 12.7. The second-order valence-electron chi connectivity index (χ2n) is 5.70. The van der Waals surface area contributed by atoms with E-state index in [4.69, 9.17) is 0 Å². The predicted octanol–water partition coefficient (Wildman–Crippen LogP) is 4.05. The van der Waals surface area contributed by atoms with Gasteiger partial charge in [-0.2, -0.15) is 0 Å². The minimum Gasteiger partial charge on any atom is -0.376 e. The molecule has 0 saturated heterocycles. The SMILES string of the molecule is CN(C)c1ccc2c(c1N(C)C)N(C)c1ccccc1S2. The van der Waals surface area contributed by atoms with Crippen LogP contribution in [0.15, 0.2) is 46.2 Å². The van der Waals surface area contributed by atoms with Crippen LogP contribution in [-0.2, 0) is 0 Å². The maximum absolute atomic E-state index is 2.31. The van der Waals surface area contributed by atoms with Crippen molar-refractivity contribution in [3.05, 3.63) is 36.4 Å². The summed E-state index contributed by atoms with van der Waals surface area (Å²) in [7, 11) is 10.6. The number of benzene rings is 2. The van der Waals surface area contributed by atoms with Crippen molar-refractivity contribution < 1.29 is 0 Å². The van der Waals surface area contributed by atoms with Gasteiger partial charge in [0.2, 0.25) is 0 Å². The summed E-state index contributed by atoms with van der Waals surface area (Å²) in [6, 6.07) is 13.0. The van der Waals surface area contributed by atoms with Crippen LogP contribution in [0.1, 0.15) is 0 Å². The highest BCUT2D eigenvalue weighted by atomic mass is 32.2. The molecule has 0 fully saturated rings. The van der Waals surface area contributed by atoms with E-state index in [9.17, 15) is 0 Å². The summed E-state index contributed by atoms with van der Waals surface area (Å²) in [5.41, 5.74) is 5.07. The first kappa shape index (κ1) is 14.1. The van der Waals surface area contributed by atoms with Gasteiger partial charge in [-0.05, 0) is 24.3 Å². The summed E-state index contributed by atoms with van der Waals surface area (Å²) < 4.78 is 0. The molecule has 0 saturated carbocycles. The molecule has 0 bridgehead atoms. The molecule has 1 heterocycles. The molecule has 0 spiro atoms. The van der Waals surface area contributed by atoms with Crippen LogP contribution in [-0.4, -0.2) is 35.2 Å². The Balaban J connectivity index is 2.24. The Labute approximate surface area is 131 Å². The van der Waals surface area contributed by atoms with Crippen molar-refractivity contribution in [2.24, 2.45) is 0 Å². The number of para-hydroxylation sites is 1. The van der Waals surface area contributed by atoms with Gasteiger partial charge in [0.15, 0.2) is 0 Å². The molecule has 0 unspecified atom stereocenters. The molecule has 21 heavy (non-hydrogen) atoms. The van der Waals surface area contributed by atoms with Gasteiger partial charge in [0.05, 0.1) is 22.7 Å². The highest BCUT2D eigenvalue weighted by molar-refractivity contribution is 7.99. The Kier molecular flexibility index (Phi) is 3.49. The summed E-state index contributed by atoms with van der Waals surface area (Å²) in [4.78, 5) is 9.32. The summed E-state index contributed by atoms with van der Waals surface area (Å²) in [5.74, 6) is 0. The lowest BCUT2D eigenvalue weighted by Crippen LogP contribution is -2.23. The van der Waals surface area contributed by atoms with E-state index in [-0.39, 0.29) is 0 Å². The molecular weight excluding hydrogens is 278 g/mol. The average Bonchev–Trinajstić information content (AvgIpc) is 2.46. The zero-order valence-electron chi connectivity index (χ0n) is 13.2. The molecule has 0 N–H and O–H groups in total. The van der Waals surface area contributed by atoms with E-state index in [1.807, 2.05) is 11.8 Å². The molecule has 3 rings (SSSR count). The molecule has 1 aliphatic rings. The smallest absolute Gasteiger partial charge is 0.0851 e. The summed E-state index contributed by atoms with van der Waals surface area (Å²) in [5, 5.41) is 0. The van der Waals surface area contributed by atoms with Crippen molar-refractivity contribution in [1.29, 1.82) is 0 Å². The van der Waals surface area contributed by atoms with Gasteiger partial charge in [0.1, 0.15) is 0 Å². The highest BCUT2D eigenvalue weighted by Crippen LogP contribution is 2.53. The number of nitrogens with zero attached hydrogens (tertiary/aromatic N) is 3. The number of rotatable bonds is 2. The Bertz CT molecular complexity index is 680. The van der Waals surface area contributed by atoms with Gasteiger partial charge in [0, 0.05) is 45.0 Å². The van der Waals surface area contributed by atoms with Crippen molar-refractivity contribution in [2.75, 3.05) is 49.9 Å². The third-order valence-corrected chi connectivity index (χ3v) is 4.92. The molecule has 110 valence electrons. The van der Waals surface area contributed by atoms with Gasteiger partial charge in [0.25, 0.3) is 0 Å². The summed E-state index contributed by atoms with van der Waals surface area (Å²) in [6.07, 6.45) is 0. The minimum atomic E-state index is 1.24. The van der Waals surface area contributed by atoms with Gasteiger partial charge in [-0.1, -0.05) is 23.9 Å². The van der Waals surface area contributed by atoms with E-state index >= 15 is 0 Å². The first-order valence-corrected chi connectivity index (χ1v) is 7.84. The van der Waals surface area contributed by atoms with Crippen LogP contribution in [0, 0.1) is 0 Å². The third kappa shape index (κ3) is 2.23. The maximum atomic E-state index is 2.31. The number of fused-ring (bicyclic) bond motifs is 2. The van der Waals surface area contributed by atoms with E-state index in [2.05, 4.69) is 86.3 Å². The fraction of sp³-hybridized carbons (Fsp3) is 0.294. The lowest BCUT2D eigenvalue weighted by molar-refractivity contribution is 1.03. The summed E-state index contributed by atoms with van der Waals surface area (Å²) >= 11 is 1.85. The molecule has 2 aromatic rings. The van der Waals surface area contributed by atoms with Gasteiger partial charge < -0.3 is 14.7 Å². The van der Waals surface area contributed by atoms with Crippen molar-refractivity contribution in [2.45, 2.75) is 9.79 Å². The molecule has 0 aromatic heterocycles. The number of hydrogen-bond donors (Lipinski definition) is 0. The number of anilines is 4. The van der Waals surface area contributed by atoms with Gasteiger partial charge in [-0.3, -0.25) is 0 Å². The third-order valence-electron chi connectivity index (χ3n) is 3.80. The Morgan fingerprint density at radius 3 is 2.24 bits per heavy atom. The predicted molar refractivity (Wildman–Crippen MR) is 93.7 cm³/mol. The van der Waals surface area contributed by atoms with Crippen LogP contribution in [0.2, 0.25) is 0 Å². The summed E-state index contributed by atoms with van der Waals surface area (Å²) in [6.45, 7) is 0. The van der Waals surface area contributed by atoms with Crippen LogP contribution >= 0.6 is 11.8 Å². The average molecular weight is 299 g/mol. The van der Waals surface area contributed by atoms with Crippen molar-refractivity contribution in [1.82, 2.24) is 0 Å². The largest absolute Gasteiger partial charge is 0.376 e. The van der Waals surface area contributed by atoms with Crippen molar-refractivity contribution in [3.8, 4) is 0 Å². The molecule has 2 aromatic carbocycles. The molecule has 4 heteroatoms. The standard InChI is InChI=1S/C17H21N3S/c1-18(2)13-10-11-15-17(16(13)19(3)4)20(5)12-8-6-7-9-14(12)21-15/h6-11H,1-5H3. The Morgan fingerprint density at radius 2 is 1.57 bits per heavy atom. The van der Waals surface area contributed by atoms with Crippen molar-refractivity contribution in [3.63, 3.8) is 0 Å². The minimum absolute atomic E-state index is 1.24. The molecule has 0 radical (unpaired) electrons. The maximum Gasteiger partial charge on any atom is 0.0851 e. The molecule has 1 aliphatic heterocycles. The van der Waals surface area contributed by atoms with E-state index in [1.165, 1.54) is 32.5 Å². The van der Waals surface area contributed by atoms with Gasteiger partial charge in [-0.15, -0.1) is 0 Å². The van der Waals surface area contributed by atoms with E-state index < -0.39 is 0 Å². The highest BCUT2D eigenvalue weighted by Gasteiger charge is 2.26. The Hall–Kier alpha value is -1.81. The number of hydrogen-bond acceptors (Lipinski definition) is 4. The lowest BCUT2D eigenvalue weighted by atomic mass is 10.1. The zero-order valence-corrected chi connectivity index (χ0v) is 14.0. The van der Waals surface area contributed by atoms with Gasteiger partial charge in [-0.25, -0.2) is 0 Å². The fourth-order valence-corrected chi connectivity index (χ4v) is 3.98. The zero-order chi connectivity index (χ0) is 15.1. The second kappa shape index (κ2) is 5.19. The van der Waals surface area contributed by atoms with Crippen LogP contribution < -0.4 is 14.7 Å². The molecule has 3 nitrogen and oxygen atoms in total. The van der Waals surface area contributed by atoms with Crippen LogP contribution in [0.3, 0.4) is 0 Å². The van der Waals surface area contributed by atoms with E-state index in [1.54, 1.807) is 0 Å². The first-order chi connectivity index (χ1) is 10.0. The van der Waals surface area contributed by atoms with E-state index in [0.717, 1.165) is 0 Å². The van der Waals surface area contributed by atoms with Gasteiger partial charge >= 0.3 is 0 Å². The van der Waals surface area contributed by atoms with Crippen LogP contribution in [0.5, 0.6) is 0 Å². The van der Waals surface area contributed by atoms with E-state index in [0.29, 0.717) is 0 Å².